The van der Waals surface area contributed by atoms with E-state index < -0.39 is 0 Å². The number of carbonyl (C=O) groups is 1. The van der Waals surface area contributed by atoms with Crippen LogP contribution in [0.25, 0.3) is 11.0 Å². The lowest BCUT2D eigenvalue weighted by Gasteiger charge is -2.46. The van der Waals surface area contributed by atoms with Crippen LogP contribution in [0.1, 0.15) is 21.7 Å². The van der Waals surface area contributed by atoms with E-state index >= 15 is 0 Å². The van der Waals surface area contributed by atoms with E-state index in [1.165, 1.54) is 17.2 Å². The molecule has 0 spiro atoms. The van der Waals surface area contributed by atoms with Crippen molar-refractivity contribution in [3.05, 3.63) is 81.7 Å². The van der Waals surface area contributed by atoms with Crippen LogP contribution in [0.4, 0.5) is 0 Å². The molecule has 1 saturated heterocycles. The maximum atomic E-state index is 12.7. The molecule has 0 aliphatic carbocycles. The third kappa shape index (κ3) is 2.84. The van der Waals surface area contributed by atoms with Crippen molar-refractivity contribution in [3.8, 4) is 0 Å². The van der Waals surface area contributed by atoms with E-state index in [-0.39, 0.29) is 17.1 Å². The maximum Gasteiger partial charge on any atom is 0.289 e. The Labute approximate surface area is 156 Å². The summed E-state index contributed by atoms with van der Waals surface area (Å²) in [5.41, 5.74) is 3.09. The van der Waals surface area contributed by atoms with Gasteiger partial charge < -0.3 is 9.32 Å². The molecule has 2 aliphatic rings. The van der Waals surface area contributed by atoms with Gasteiger partial charge in [-0.3, -0.25) is 14.5 Å². The molecule has 3 aromatic rings. The van der Waals surface area contributed by atoms with Gasteiger partial charge in [-0.2, -0.15) is 0 Å². The lowest BCUT2D eigenvalue weighted by molar-refractivity contribution is 0.0196. The maximum absolute atomic E-state index is 12.7. The van der Waals surface area contributed by atoms with Gasteiger partial charge in [0.1, 0.15) is 5.58 Å². The number of amides is 1. The quantitative estimate of drug-likeness (QED) is 0.705. The zero-order valence-corrected chi connectivity index (χ0v) is 14.9. The molecule has 2 aromatic carbocycles. The molecule has 1 aromatic heterocycles. The van der Waals surface area contributed by atoms with Gasteiger partial charge in [-0.05, 0) is 29.7 Å². The van der Waals surface area contributed by atoms with Gasteiger partial charge in [0, 0.05) is 38.3 Å². The van der Waals surface area contributed by atoms with Gasteiger partial charge in [-0.25, -0.2) is 0 Å². The summed E-state index contributed by atoms with van der Waals surface area (Å²) in [6, 6.07) is 17.3. The Hall–Kier alpha value is -2.92. The van der Waals surface area contributed by atoms with E-state index in [9.17, 15) is 9.59 Å². The summed E-state index contributed by atoms with van der Waals surface area (Å²) in [7, 11) is 0. The number of hydrogen-bond donors (Lipinski definition) is 0. The molecule has 5 nitrogen and oxygen atoms in total. The van der Waals surface area contributed by atoms with Crippen LogP contribution in [0.3, 0.4) is 0 Å². The van der Waals surface area contributed by atoms with Crippen LogP contribution in [0.5, 0.6) is 0 Å². The van der Waals surface area contributed by atoms with E-state index in [0.717, 1.165) is 19.5 Å². The molecule has 0 saturated carbocycles. The van der Waals surface area contributed by atoms with Gasteiger partial charge in [0.25, 0.3) is 5.91 Å². The lowest BCUT2D eigenvalue weighted by atomic mass is 9.96. The molecule has 1 amide bonds. The van der Waals surface area contributed by atoms with Crippen LogP contribution >= 0.6 is 0 Å². The first-order chi connectivity index (χ1) is 13.2. The van der Waals surface area contributed by atoms with Crippen LogP contribution in [0, 0.1) is 0 Å². The third-order valence-electron chi connectivity index (χ3n) is 5.67. The van der Waals surface area contributed by atoms with Crippen LogP contribution in [-0.4, -0.2) is 41.4 Å². The zero-order chi connectivity index (χ0) is 18.4. The van der Waals surface area contributed by atoms with Gasteiger partial charge in [0.15, 0.2) is 11.2 Å². The first-order valence-electron chi connectivity index (χ1n) is 9.32. The average molecular weight is 360 g/mol. The Balaban J connectivity index is 1.29. The summed E-state index contributed by atoms with van der Waals surface area (Å²) in [6.45, 7) is 3.32. The number of rotatable bonds is 2. The van der Waals surface area contributed by atoms with Crippen LogP contribution in [-0.2, 0) is 13.0 Å². The molecule has 136 valence electrons. The van der Waals surface area contributed by atoms with Crippen molar-refractivity contribution in [1.82, 2.24) is 9.80 Å². The second-order valence-electron chi connectivity index (χ2n) is 7.32. The van der Waals surface area contributed by atoms with E-state index in [1.54, 1.807) is 29.2 Å². The average Bonchev–Trinajstić information content (AvgIpc) is 2.66. The highest BCUT2D eigenvalue weighted by Gasteiger charge is 2.37. The summed E-state index contributed by atoms with van der Waals surface area (Å²) >= 11 is 0. The van der Waals surface area contributed by atoms with E-state index in [4.69, 9.17) is 4.42 Å². The molecule has 27 heavy (non-hydrogen) atoms. The zero-order valence-electron chi connectivity index (χ0n) is 14.9. The van der Waals surface area contributed by atoms with Crippen molar-refractivity contribution in [3.63, 3.8) is 0 Å². The fourth-order valence-corrected chi connectivity index (χ4v) is 4.05. The summed E-state index contributed by atoms with van der Waals surface area (Å²) < 4.78 is 5.68. The number of para-hydroxylation sites is 1. The molecule has 0 bridgehead atoms. The summed E-state index contributed by atoms with van der Waals surface area (Å²) in [5, 5.41) is 0.502. The molecule has 5 heteroatoms. The Morgan fingerprint density at radius 2 is 1.74 bits per heavy atom. The fraction of sp³-hybridized carbons (Fsp3) is 0.273. The van der Waals surface area contributed by atoms with Crippen LogP contribution in [0.15, 0.2) is 63.8 Å². The number of nitrogens with zero attached hydrogens (tertiary/aromatic N) is 2. The van der Waals surface area contributed by atoms with Gasteiger partial charge >= 0.3 is 0 Å². The first-order valence-corrected chi connectivity index (χ1v) is 9.32. The highest BCUT2D eigenvalue weighted by atomic mass is 16.3. The molecular formula is C22H20N2O3. The number of likely N-dealkylation sites (tertiary alicyclic amines) is 1. The Morgan fingerprint density at radius 3 is 2.59 bits per heavy atom. The highest BCUT2D eigenvalue weighted by Crippen LogP contribution is 2.25. The largest absolute Gasteiger partial charge is 0.451 e. The van der Waals surface area contributed by atoms with Gasteiger partial charge in [0.2, 0.25) is 0 Å². The van der Waals surface area contributed by atoms with Crippen molar-refractivity contribution in [2.24, 2.45) is 0 Å². The van der Waals surface area contributed by atoms with Crippen molar-refractivity contribution in [2.75, 3.05) is 19.6 Å². The minimum Gasteiger partial charge on any atom is -0.451 e. The molecule has 3 heterocycles. The van der Waals surface area contributed by atoms with E-state index in [1.807, 2.05) is 0 Å². The van der Waals surface area contributed by atoms with Gasteiger partial charge in [-0.15, -0.1) is 0 Å². The molecule has 0 N–H and O–H groups in total. The van der Waals surface area contributed by atoms with Crippen molar-refractivity contribution >= 4 is 16.9 Å². The molecule has 0 atom stereocenters. The second kappa shape index (κ2) is 6.35. The Bertz CT molecular complexity index is 1080. The summed E-state index contributed by atoms with van der Waals surface area (Å²) in [6.07, 6.45) is 1.06. The molecule has 5 rings (SSSR count). The predicted octanol–water partition coefficient (Wildman–Crippen LogP) is 2.68. The molecule has 0 radical (unpaired) electrons. The number of carbonyl (C=O) groups excluding carboxylic acids is 1. The standard InChI is InChI=1S/C22H20N2O3/c25-19-11-21(27-20-8-4-3-7-18(19)20)22(26)24-13-17(14-24)23-10-9-15-5-1-2-6-16(15)12-23/h1-8,11,17H,9-10,12-14H2. The first kappa shape index (κ1) is 16.3. The minimum absolute atomic E-state index is 0.126. The minimum atomic E-state index is -0.202. The number of hydrogen-bond acceptors (Lipinski definition) is 4. The van der Waals surface area contributed by atoms with E-state index in [0.29, 0.717) is 30.1 Å². The van der Waals surface area contributed by atoms with Crippen LogP contribution < -0.4 is 5.43 Å². The van der Waals surface area contributed by atoms with Crippen molar-refractivity contribution < 1.29 is 9.21 Å². The highest BCUT2D eigenvalue weighted by molar-refractivity contribution is 5.93. The predicted molar refractivity (Wildman–Crippen MR) is 103 cm³/mol. The van der Waals surface area contributed by atoms with Crippen molar-refractivity contribution in [1.29, 1.82) is 0 Å². The van der Waals surface area contributed by atoms with E-state index in [2.05, 4.69) is 29.2 Å². The van der Waals surface area contributed by atoms with Gasteiger partial charge in [0.05, 0.1) is 5.39 Å². The third-order valence-corrected chi connectivity index (χ3v) is 5.67. The molecule has 1 fully saturated rings. The number of fused-ring (bicyclic) bond motifs is 2. The molecule has 0 unspecified atom stereocenters. The number of benzene rings is 2. The molecule has 2 aliphatic heterocycles. The summed E-state index contributed by atoms with van der Waals surface area (Å²) in [5.74, 6) is -0.0762. The second-order valence-corrected chi connectivity index (χ2v) is 7.32. The normalized spacial score (nSPS) is 17.6. The SMILES string of the molecule is O=C(c1cc(=O)c2ccccc2o1)N1CC(N2CCc3ccccc3C2)C1. The van der Waals surface area contributed by atoms with Gasteiger partial charge in [-0.1, -0.05) is 36.4 Å². The summed E-state index contributed by atoms with van der Waals surface area (Å²) in [4.78, 5) is 29.2. The van der Waals surface area contributed by atoms with Crippen molar-refractivity contribution in [2.45, 2.75) is 19.0 Å². The molecular weight excluding hydrogens is 340 g/mol. The van der Waals surface area contributed by atoms with Crippen LogP contribution in [0.2, 0.25) is 0 Å². The monoisotopic (exact) mass is 360 g/mol. The Morgan fingerprint density at radius 1 is 1.00 bits per heavy atom. The Kier molecular flexibility index (Phi) is 3.83. The lowest BCUT2D eigenvalue weighted by Crippen LogP contribution is -2.61. The smallest absolute Gasteiger partial charge is 0.289 e. The fourth-order valence-electron chi connectivity index (χ4n) is 4.05. The topological polar surface area (TPSA) is 53.8 Å².